The van der Waals surface area contributed by atoms with Crippen LogP contribution in [0.5, 0.6) is 0 Å². The van der Waals surface area contributed by atoms with Gasteiger partial charge in [-0.25, -0.2) is 0 Å². The third kappa shape index (κ3) is 3.75. The number of benzene rings is 3. The second kappa shape index (κ2) is 7.97. The van der Waals surface area contributed by atoms with Crippen molar-refractivity contribution in [2.75, 3.05) is 5.32 Å². The Hall–Kier alpha value is -3.70. The number of carbonyl (C=O) groups is 1. The summed E-state index contributed by atoms with van der Waals surface area (Å²) in [4.78, 5) is 15.1. The molecular formula is C25H22N4O. The van der Waals surface area contributed by atoms with Crippen molar-refractivity contribution < 1.29 is 4.79 Å². The largest absolute Gasteiger partial charge is 0.305 e. The molecule has 0 unspecified atom stereocenters. The Labute approximate surface area is 175 Å². The highest BCUT2D eigenvalue weighted by atomic mass is 16.1. The summed E-state index contributed by atoms with van der Waals surface area (Å²) in [6.07, 6.45) is 0. The molecule has 3 aromatic carbocycles. The Morgan fingerprint density at radius 3 is 2.27 bits per heavy atom. The second-order valence-electron chi connectivity index (χ2n) is 7.56. The van der Waals surface area contributed by atoms with Gasteiger partial charge in [0.05, 0.1) is 5.69 Å². The Balaban J connectivity index is 1.26. The quantitative estimate of drug-likeness (QED) is 0.509. The maximum atomic E-state index is 12.8. The molecule has 0 aliphatic carbocycles. The highest BCUT2D eigenvalue weighted by Gasteiger charge is 2.25. The van der Waals surface area contributed by atoms with E-state index in [0.29, 0.717) is 11.4 Å². The minimum absolute atomic E-state index is 0.148. The molecule has 1 aliphatic heterocycles. The van der Waals surface area contributed by atoms with Crippen molar-refractivity contribution in [3.05, 3.63) is 107 Å². The molecule has 0 saturated heterocycles. The average Bonchev–Trinajstić information content (AvgIpc) is 3.36. The summed E-state index contributed by atoms with van der Waals surface area (Å²) in [5.41, 5.74) is 6.25. The fourth-order valence-electron chi connectivity index (χ4n) is 3.89. The summed E-state index contributed by atoms with van der Waals surface area (Å²) in [5.74, 6) is 0.475. The van der Waals surface area contributed by atoms with Gasteiger partial charge in [0.15, 0.2) is 5.82 Å². The SMILES string of the molecule is O=C(Nc1n[nH]c2c1CN(Cc1ccccc1)C2)c1ccc(-c2ccccc2)cc1. The second-order valence-corrected chi connectivity index (χ2v) is 7.56. The summed E-state index contributed by atoms with van der Waals surface area (Å²) in [6, 6.07) is 28.2. The maximum absolute atomic E-state index is 12.8. The molecule has 0 bridgehead atoms. The van der Waals surface area contributed by atoms with Crippen molar-refractivity contribution in [3.8, 4) is 11.1 Å². The van der Waals surface area contributed by atoms with Crippen LogP contribution in [0.2, 0.25) is 0 Å². The molecule has 2 N–H and O–H groups in total. The fraction of sp³-hybridized carbons (Fsp3) is 0.120. The Morgan fingerprint density at radius 1 is 0.867 bits per heavy atom. The van der Waals surface area contributed by atoms with E-state index in [1.165, 1.54) is 5.56 Å². The van der Waals surface area contributed by atoms with E-state index in [9.17, 15) is 4.79 Å². The van der Waals surface area contributed by atoms with E-state index in [4.69, 9.17) is 0 Å². The van der Waals surface area contributed by atoms with Gasteiger partial charge in [-0.1, -0.05) is 72.8 Å². The summed E-state index contributed by atoms with van der Waals surface area (Å²) >= 11 is 0. The van der Waals surface area contributed by atoms with Gasteiger partial charge in [0.25, 0.3) is 5.91 Å². The fourth-order valence-corrected chi connectivity index (χ4v) is 3.89. The number of hydrogen-bond donors (Lipinski definition) is 2. The van der Waals surface area contributed by atoms with Gasteiger partial charge >= 0.3 is 0 Å². The van der Waals surface area contributed by atoms with Crippen LogP contribution in [0, 0.1) is 0 Å². The minimum atomic E-state index is -0.148. The molecule has 1 aliphatic rings. The van der Waals surface area contributed by atoms with E-state index < -0.39 is 0 Å². The smallest absolute Gasteiger partial charge is 0.256 e. The Bertz CT molecular complexity index is 1150. The molecular weight excluding hydrogens is 372 g/mol. The molecule has 0 saturated carbocycles. The highest BCUT2D eigenvalue weighted by Crippen LogP contribution is 2.28. The molecule has 5 heteroatoms. The van der Waals surface area contributed by atoms with Crippen LogP contribution in [0.4, 0.5) is 5.82 Å². The third-order valence-electron chi connectivity index (χ3n) is 5.45. The summed E-state index contributed by atoms with van der Waals surface area (Å²) in [5, 5.41) is 10.4. The van der Waals surface area contributed by atoms with Crippen LogP contribution < -0.4 is 5.32 Å². The van der Waals surface area contributed by atoms with Gasteiger partial charge in [-0.3, -0.25) is 14.8 Å². The monoisotopic (exact) mass is 394 g/mol. The van der Waals surface area contributed by atoms with Crippen molar-refractivity contribution >= 4 is 11.7 Å². The number of aromatic amines is 1. The van der Waals surface area contributed by atoms with E-state index in [1.807, 2.05) is 48.5 Å². The molecule has 5 nitrogen and oxygen atoms in total. The average molecular weight is 394 g/mol. The molecule has 148 valence electrons. The van der Waals surface area contributed by atoms with Gasteiger partial charge in [0, 0.05) is 30.8 Å². The minimum Gasteiger partial charge on any atom is -0.305 e. The number of fused-ring (bicyclic) bond motifs is 1. The predicted octanol–water partition coefficient (Wildman–Crippen LogP) is 4.84. The standard InChI is InChI=1S/C25H22N4O/c30-25(21-13-11-20(12-14-21)19-9-5-2-6-10-19)26-24-22-16-29(17-23(22)27-28-24)15-18-7-3-1-4-8-18/h1-14H,15-17H2,(H2,26,27,28,30). The van der Waals surface area contributed by atoms with Crippen LogP contribution in [0.15, 0.2) is 84.9 Å². The first-order valence-corrected chi connectivity index (χ1v) is 10.1. The first kappa shape index (κ1) is 18.3. The lowest BCUT2D eigenvalue weighted by molar-refractivity contribution is 0.102. The normalized spacial score (nSPS) is 13.2. The molecule has 4 aromatic rings. The van der Waals surface area contributed by atoms with E-state index in [-0.39, 0.29) is 5.91 Å². The lowest BCUT2D eigenvalue weighted by Gasteiger charge is -2.15. The van der Waals surface area contributed by atoms with Crippen LogP contribution >= 0.6 is 0 Å². The summed E-state index contributed by atoms with van der Waals surface area (Å²) in [7, 11) is 0. The van der Waals surface area contributed by atoms with Crippen LogP contribution in [0.3, 0.4) is 0 Å². The molecule has 0 fully saturated rings. The zero-order valence-electron chi connectivity index (χ0n) is 16.5. The zero-order valence-corrected chi connectivity index (χ0v) is 16.5. The van der Waals surface area contributed by atoms with Crippen LogP contribution in [-0.4, -0.2) is 21.0 Å². The molecule has 0 atom stereocenters. The van der Waals surface area contributed by atoms with Gasteiger partial charge < -0.3 is 5.32 Å². The molecule has 5 rings (SSSR count). The van der Waals surface area contributed by atoms with E-state index >= 15 is 0 Å². The lowest BCUT2D eigenvalue weighted by atomic mass is 10.0. The van der Waals surface area contributed by atoms with Crippen molar-refractivity contribution in [2.24, 2.45) is 0 Å². The van der Waals surface area contributed by atoms with Crippen molar-refractivity contribution in [1.29, 1.82) is 0 Å². The van der Waals surface area contributed by atoms with Crippen LogP contribution in [0.25, 0.3) is 11.1 Å². The van der Waals surface area contributed by atoms with E-state index in [2.05, 4.69) is 56.8 Å². The first-order chi connectivity index (χ1) is 14.8. The maximum Gasteiger partial charge on any atom is 0.256 e. The number of rotatable bonds is 5. The van der Waals surface area contributed by atoms with Gasteiger partial charge in [0.1, 0.15) is 0 Å². The number of carbonyl (C=O) groups excluding carboxylic acids is 1. The van der Waals surface area contributed by atoms with E-state index in [1.54, 1.807) is 0 Å². The predicted molar refractivity (Wildman–Crippen MR) is 118 cm³/mol. The molecule has 1 aromatic heterocycles. The topological polar surface area (TPSA) is 61.0 Å². The van der Waals surface area contributed by atoms with Gasteiger partial charge in [-0.05, 0) is 28.8 Å². The van der Waals surface area contributed by atoms with Crippen LogP contribution in [-0.2, 0) is 19.6 Å². The molecule has 1 amide bonds. The third-order valence-corrected chi connectivity index (χ3v) is 5.45. The number of hydrogen-bond acceptors (Lipinski definition) is 3. The van der Waals surface area contributed by atoms with Gasteiger partial charge in [-0.15, -0.1) is 0 Å². The number of H-pyrrole nitrogens is 1. The number of nitrogens with one attached hydrogen (secondary N) is 2. The van der Waals surface area contributed by atoms with Crippen molar-refractivity contribution in [2.45, 2.75) is 19.6 Å². The number of anilines is 1. The number of amides is 1. The Kier molecular flexibility index (Phi) is 4.87. The lowest BCUT2D eigenvalue weighted by Crippen LogP contribution is -2.18. The number of aromatic nitrogens is 2. The number of nitrogens with zero attached hydrogens (tertiary/aromatic N) is 2. The molecule has 0 spiro atoms. The highest BCUT2D eigenvalue weighted by molar-refractivity contribution is 6.04. The van der Waals surface area contributed by atoms with Crippen molar-refractivity contribution in [1.82, 2.24) is 15.1 Å². The first-order valence-electron chi connectivity index (χ1n) is 10.1. The summed E-state index contributed by atoms with van der Waals surface area (Å²) < 4.78 is 0. The van der Waals surface area contributed by atoms with E-state index in [0.717, 1.165) is 42.0 Å². The van der Waals surface area contributed by atoms with Gasteiger partial charge in [-0.2, -0.15) is 5.10 Å². The van der Waals surface area contributed by atoms with Crippen molar-refractivity contribution in [3.63, 3.8) is 0 Å². The molecule has 2 heterocycles. The van der Waals surface area contributed by atoms with Gasteiger partial charge in [0.2, 0.25) is 0 Å². The van der Waals surface area contributed by atoms with Crippen LogP contribution in [0.1, 0.15) is 27.2 Å². The molecule has 30 heavy (non-hydrogen) atoms. The molecule has 0 radical (unpaired) electrons. The zero-order chi connectivity index (χ0) is 20.3. The summed E-state index contributed by atoms with van der Waals surface area (Å²) in [6.45, 7) is 2.44. The Morgan fingerprint density at radius 2 is 1.53 bits per heavy atom.